The standard InChI is InChI=1S/C13H17N3O3/c1-4-6-15(9-11(17)18)12-13(19)16(7-5-14-12)8-10(2)3/h1,5,7,10H,6,8-9H2,2-3H3,(H,17,18). The first kappa shape index (κ1) is 14.8. The molecule has 0 saturated heterocycles. The van der Waals surface area contributed by atoms with Crippen LogP contribution >= 0.6 is 0 Å². The highest BCUT2D eigenvalue weighted by Gasteiger charge is 2.16. The fourth-order valence-corrected chi connectivity index (χ4v) is 1.67. The minimum atomic E-state index is -1.06. The molecular weight excluding hydrogens is 246 g/mol. The second kappa shape index (κ2) is 6.59. The Hall–Kier alpha value is -2.29. The van der Waals surface area contributed by atoms with Crippen molar-refractivity contribution in [1.29, 1.82) is 0 Å². The van der Waals surface area contributed by atoms with Gasteiger partial charge >= 0.3 is 5.97 Å². The molecule has 0 amide bonds. The first-order chi connectivity index (χ1) is 8.95. The molecule has 0 bridgehead atoms. The summed E-state index contributed by atoms with van der Waals surface area (Å²) >= 11 is 0. The summed E-state index contributed by atoms with van der Waals surface area (Å²) in [6.07, 6.45) is 8.25. The third kappa shape index (κ3) is 4.14. The molecule has 0 radical (unpaired) electrons. The Bertz CT molecular complexity index is 543. The van der Waals surface area contributed by atoms with E-state index in [0.29, 0.717) is 12.5 Å². The van der Waals surface area contributed by atoms with Crippen molar-refractivity contribution in [2.75, 3.05) is 18.0 Å². The minimum Gasteiger partial charge on any atom is -0.480 e. The van der Waals surface area contributed by atoms with Crippen LogP contribution < -0.4 is 10.5 Å². The summed E-state index contributed by atoms with van der Waals surface area (Å²) in [7, 11) is 0. The van der Waals surface area contributed by atoms with E-state index in [1.165, 1.54) is 15.7 Å². The monoisotopic (exact) mass is 263 g/mol. The van der Waals surface area contributed by atoms with Gasteiger partial charge in [0.05, 0.1) is 6.54 Å². The lowest BCUT2D eigenvalue weighted by Crippen LogP contribution is -2.37. The van der Waals surface area contributed by atoms with Gasteiger partial charge in [-0.1, -0.05) is 19.8 Å². The highest BCUT2D eigenvalue weighted by Crippen LogP contribution is 2.04. The van der Waals surface area contributed by atoms with Crippen LogP contribution in [0.15, 0.2) is 17.2 Å². The molecule has 1 aromatic rings. The predicted molar refractivity (Wildman–Crippen MR) is 72.0 cm³/mol. The van der Waals surface area contributed by atoms with Crippen molar-refractivity contribution in [2.24, 2.45) is 5.92 Å². The summed E-state index contributed by atoms with van der Waals surface area (Å²) in [6.45, 7) is 4.20. The number of rotatable bonds is 6. The van der Waals surface area contributed by atoms with Gasteiger partial charge in [-0.2, -0.15) is 0 Å². The number of aliphatic carboxylic acids is 1. The average Bonchev–Trinajstić information content (AvgIpc) is 2.30. The Kier molecular flexibility index (Phi) is 5.12. The Morgan fingerprint density at radius 3 is 2.84 bits per heavy atom. The predicted octanol–water partition coefficient (Wildman–Crippen LogP) is 0.423. The maximum Gasteiger partial charge on any atom is 0.323 e. The Labute approximate surface area is 111 Å². The van der Waals surface area contributed by atoms with Crippen LogP contribution in [-0.4, -0.2) is 33.7 Å². The van der Waals surface area contributed by atoms with Crippen LogP contribution in [0.4, 0.5) is 5.82 Å². The van der Waals surface area contributed by atoms with Gasteiger partial charge in [0, 0.05) is 18.9 Å². The zero-order chi connectivity index (χ0) is 14.4. The van der Waals surface area contributed by atoms with Gasteiger partial charge in [-0.15, -0.1) is 6.42 Å². The molecule has 0 aliphatic carbocycles. The van der Waals surface area contributed by atoms with Gasteiger partial charge in [0.2, 0.25) is 0 Å². The van der Waals surface area contributed by atoms with Crippen LogP contribution in [0.25, 0.3) is 0 Å². The summed E-state index contributed by atoms with van der Waals surface area (Å²) in [5, 5.41) is 8.83. The largest absolute Gasteiger partial charge is 0.480 e. The number of carbonyl (C=O) groups is 1. The van der Waals surface area contributed by atoms with Crippen LogP contribution in [-0.2, 0) is 11.3 Å². The molecule has 0 aliphatic rings. The molecule has 0 aliphatic heterocycles. The molecular formula is C13H17N3O3. The van der Waals surface area contributed by atoms with E-state index < -0.39 is 5.97 Å². The van der Waals surface area contributed by atoms with Crippen LogP contribution in [0.1, 0.15) is 13.8 Å². The molecule has 1 rings (SSSR count). The Morgan fingerprint density at radius 1 is 1.63 bits per heavy atom. The first-order valence-electron chi connectivity index (χ1n) is 5.91. The van der Waals surface area contributed by atoms with Gasteiger partial charge in [-0.3, -0.25) is 9.59 Å². The van der Waals surface area contributed by atoms with E-state index in [4.69, 9.17) is 11.5 Å². The van der Waals surface area contributed by atoms with Crippen LogP contribution in [0.5, 0.6) is 0 Å². The van der Waals surface area contributed by atoms with Gasteiger partial charge in [0.25, 0.3) is 5.56 Å². The summed E-state index contributed by atoms with van der Waals surface area (Å²) in [6, 6.07) is 0. The van der Waals surface area contributed by atoms with E-state index in [0.717, 1.165) is 0 Å². The summed E-state index contributed by atoms with van der Waals surface area (Å²) in [5.41, 5.74) is -0.326. The third-order valence-corrected chi connectivity index (χ3v) is 2.37. The van der Waals surface area contributed by atoms with Crippen LogP contribution in [0.2, 0.25) is 0 Å². The Morgan fingerprint density at radius 2 is 2.32 bits per heavy atom. The number of anilines is 1. The molecule has 0 spiro atoms. The van der Waals surface area contributed by atoms with Crippen molar-refractivity contribution in [3.63, 3.8) is 0 Å². The van der Waals surface area contributed by atoms with E-state index in [2.05, 4.69) is 10.9 Å². The molecule has 0 atom stereocenters. The van der Waals surface area contributed by atoms with Crippen molar-refractivity contribution >= 4 is 11.8 Å². The Balaban J connectivity index is 3.13. The fraction of sp³-hybridized carbons (Fsp3) is 0.462. The maximum atomic E-state index is 12.2. The minimum absolute atomic E-state index is 0.0280. The van der Waals surface area contributed by atoms with E-state index in [9.17, 15) is 9.59 Å². The molecule has 0 unspecified atom stereocenters. The number of terminal acetylenes is 1. The van der Waals surface area contributed by atoms with Gasteiger partial charge in [-0.25, -0.2) is 4.98 Å². The molecule has 1 aromatic heterocycles. The lowest BCUT2D eigenvalue weighted by atomic mass is 10.2. The second-order valence-corrected chi connectivity index (χ2v) is 4.56. The average molecular weight is 263 g/mol. The summed E-state index contributed by atoms with van der Waals surface area (Å²) in [5.74, 6) is 1.65. The molecule has 0 saturated carbocycles. The van der Waals surface area contributed by atoms with E-state index >= 15 is 0 Å². The van der Waals surface area contributed by atoms with Crippen LogP contribution in [0, 0.1) is 18.3 Å². The van der Waals surface area contributed by atoms with Gasteiger partial charge in [-0.05, 0) is 5.92 Å². The molecule has 19 heavy (non-hydrogen) atoms. The topological polar surface area (TPSA) is 75.4 Å². The molecule has 102 valence electrons. The molecule has 6 heteroatoms. The highest BCUT2D eigenvalue weighted by atomic mass is 16.4. The van der Waals surface area contributed by atoms with Crippen LogP contribution in [0.3, 0.4) is 0 Å². The first-order valence-corrected chi connectivity index (χ1v) is 5.91. The van der Waals surface area contributed by atoms with Gasteiger partial charge in [0.1, 0.15) is 6.54 Å². The number of hydrogen-bond donors (Lipinski definition) is 1. The smallest absolute Gasteiger partial charge is 0.323 e. The highest BCUT2D eigenvalue weighted by molar-refractivity contribution is 5.73. The van der Waals surface area contributed by atoms with Gasteiger partial charge < -0.3 is 14.6 Å². The zero-order valence-electron chi connectivity index (χ0n) is 11.0. The SMILES string of the molecule is C#CCN(CC(=O)O)c1nccn(CC(C)C)c1=O. The molecule has 1 heterocycles. The van der Waals surface area contributed by atoms with Crippen molar-refractivity contribution in [3.05, 3.63) is 22.7 Å². The normalized spacial score (nSPS) is 10.2. The third-order valence-electron chi connectivity index (χ3n) is 2.37. The quantitative estimate of drug-likeness (QED) is 0.753. The zero-order valence-corrected chi connectivity index (χ0v) is 11.0. The summed E-state index contributed by atoms with van der Waals surface area (Å²) in [4.78, 5) is 28.2. The molecule has 1 N–H and O–H groups in total. The van der Waals surface area contributed by atoms with E-state index in [-0.39, 0.29) is 24.5 Å². The molecule has 0 fully saturated rings. The number of carboxylic acids is 1. The van der Waals surface area contributed by atoms with E-state index in [1.807, 2.05) is 13.8 Å². The van der Waals surface area contributed by atoms with Crippen molar-refractivity contribution in [1.82, 2.24) is 9.55 Å². The lowest BCUT2D eigenvalue weighted by Gasteiger charge is -2.19. The maximum absolute atomic E-state index is 12.2. The van der Waals surface area contributed by atoms with Crippen molar-refractivity contribution in [2.45, 2.75) is 20.4 Å². The fourth-order valence-electron chi connectivity index (χ4n) is 1.67. The molecule has 0 aromatic carbocycles. The van der Waals surface area contributed by atoms with Crippen molar-refractivity contribution in [3.8, 4) is 12.3 Å². The molecule has 6 nitrogen and oxygen atoms in total. The second-order valence-electron chi connectivity index (χ2n) is 4.56. The van der Waals surface area contributed by atoms with E-state index in [1.54, 1.807) is 6.20 Å². The lowest BCUT2D eigenvalue weighted by molar-refractivity contribution is -0.135. The number of nitrogens with zero attached hydrogens (tertiary/aromatic N) is 3. The number of aromatic nitrogens is 2. The number of carboxylic acid groups (broad SMARTS) is 1. The summed E-state index contributed by atoms with van der Waals surface area (Å²) < 4.78 is 1.51. The van der Waals surface area contributed by atoms with Gasteiger partial charge in [0.15, 0.2) is 5.82 Å². The van der Waals surface area contributed by atoms with Crippen molar-refractivity contribution < 1.29 is 9.90 Å². The number of hydrogen-bond acceptors (Lipinski definition) is 4.